The smallest absolute Gasteiger partial charge is 0.104 e. The highest BCUT2D eigenvalue weighted by Gasteiger charge is 1.95. The van der Waals surface area contributed by atoms with E-state index in [-0.39, 0.29) is 0 Å². The number of pyridine rings is 1. The number of hydrogen-bond acceptors (Lipinski definition) is 3. The van der Waals surface area contributed by atoms with Gasteiger partial charge in [-0.2, -0.15) is 0 Å². The monoisotopic (exact) mass is 262 g/mol. The summed E-state index contributed by atoms with van der Waals surface area (Å²) < 4.78 is 0.970. The summed E-state index contributed by atoms with van der Waals surface area (Å²) in [5.74, 6) is 0. The fourth-order valence-electron chi connectivity index (χ4n) is 0.717. The predicted molar refractivity (Wildman–Crippen MR) is 51.1 cm³/mol. The topological polar surface area (TPSA) is 45.5 Å². The van der Waals surface area contributed by atoms with Gasteiger partial charge in [-0.3, -0.25) is 0 Å². The zero-order valence-corrected chi connectivity index (χ0v) is 8.11. The molecule has 0 aliphatic heterocycles. The van der Waals surface area contributed by atoms with Crippen LogP contribution in [-0.2, 0) is 0 Å². The van der Waals surface area contributed by atoms with Crippen LogP contribution in [0, 0.1) is 10.6 Å². The molecule has 0 unspecified atom stereocenters. The lowest BCUT2D eigenvalue weighted by molar-refractivity contribution is 0.322. The molecule has 58 valence electrons. The maximum absolute atomic E-state index is 8.22. The molecule has 0 aliphatic carbocycles. The molecular formula is C7H7IN2O. The molecule has 1 rings (SSSR count). The molecule has 1 aromatic heterocycles. The SMILES string of the molecule is Cc1cc(C=NO)cnc1I. The number of halogens is 1. The number of nitrogens with zero attached hydrogens (tertiary/aromatic N) is 2. The standard InChI is InChI=1S/C7H7IN2O/c1-5-2-6(4-10-11)3-9-7(5)8/h2-4,11H,1H3. The van der Waals surface area contributed by atoms with E-state index >= 15 is 0 Å². The summed E-state index contributed by atoms with van der Waals surface area (Å²) in [6, 6.07) is 1.91. The van der Waals surface area contributed by atoms with E-state index < -0.39 is 0 Å². The average molecular weight is 262 g/mol. The van der Waals surface area contributed by atoms with Gasteiger partial charge in [-0.1, -0.05) is 5.16 Å². The minimum atomic E-state index is 0.811. The van der Waals surface area contributed by atoms with E-state index in [4.69, 9.17) is 5.21 Å². The lowest BCUT2D eigenvalue weighted by Crippen LogP contribution is -1.89. The summed E-state index contributed by atoms with van der Waals surface area (Å²) in [5, 5.41) is 11.1. The fourth-order valence-corrected chi connectivity index (χ4v) is 1.01. The summed E-state index contributed by atoms with van der Waals surface area (Å²) in [4.78, 5) is 4.08. The molecule has 4 heteroatoms. The van der Waals surface area contributed by atoms with Crippen molar-refractivity contribution in [3.8, 4) is 0 Å². The van der Waals surface area contributed by atoms with E-state index in [1.165, 1.54) is 6.21 Å². The first-order chi connectivity index (χ1) is 5.24. The van der Waals surface area contributed by atoms with Crippen molar-refractivity contribution in [1.29, 1.82) is 0 Å². The van der Waals surface area contributed by atoms with E-state index in [9.17, 15) is 0 Å². The maximum Gasteiger partial charge on any atom is 0.104 e. The predicted octanol–water partition coefficient (Wildman–Crippen LogP) is 1.80. The van der Waals surface area contributed by atoms with Crippen LogP contribution in [0.1, 0.15) is 11.1 Å². The number of aryl methyl sites for hydroxylation is 1. The zero-order valence-electron chi connectivity index (χ0n) is 5.95. The zero-order chi connectivity index (χ0) is 8.27. The number of rotatable bonds is 1. The van der Waals surface area contributed by atoms with Crippen LogP contribution in [0.15, 0.2) is 17.4 Å². The van der Waals surface area contributed by atoms with Gasteiger partial charge in [0.15, 0.2) is 0 Å². The molecule has 0 aliphatic rings. The molecule has 11 heavy (non-hydrogen) atoms. The number of aromatic nitrogens is 1. The third kappa shape index (κ3) is 2.14. The molecule has 0 atom stereocenters. The molecule has 0 saturated heterocycles. The first kappa shape index (κ1) is 8.45. The van der Waals surface area contributed by atoms with Gasteiger partial charge in [0.1, 0.15) is 3.70 Å². The van der Waals surface area contributed by atoms with Crippen molar-refractivity contribution >= 4 is 28.8 Å². The molecule has 1 aromatic rings. The quantitative estimate of drug-likeness (QED) is 0.276. The Morgan fingerprint density at radius 1 is 1.73 bits per heavy atom. The third-order valence-electron chi connectivity index (χ3n) is 1.24. The third-order valence-corrected chi connectivity index (χ3v) is 2.37. The molecule has 0 spiro atoms. The molecule has 1 heterocycles. The molecule has 3 nitrogen and oxygen atoms in total. The van der Waals surface area contributed by atoms with E-state index in [0.717, 1.165) is 14.8 Å². The highest BCUT2D eigenvalue weighted by molar-refractivity contribution is 14.1. The van der Waals surface area contributed by atoms with Crippen LogP contribution >= 0.6 is 22.6 Å². The van der Waals surface area contributed by atoms with Gasteiger partial charge in [0.25, 0.3) is 0 Å². The van der Waals surface area contributed by atoms with Gasteiger partial charge in [-0.25, -0.2) is 4.98 Å². The Labute approximate surface area is 78.3 Å². The van der Waals surface area contributed by atoms with Crippen molar-refractivity contribution in [2.75, 3.05) is 0 Å². The lowest BCUT2D eigenvalue weighted by Gasteiger charge is -1.96. The Hall–Kier alpha value is -0.650. The van der Waals surface area contributed by atoms with E-state index in [2.05, 4.69) is 32.7 Å². The van der Waals surface area contributed by atoms with Crippen molar-refractivity contribution in [3.63, 3.8) is 0 Å². The van der Waals surface area contributed by atoms with Gasteiger partial charge in [0.05, 0.1) is 6.21 Å². The first-order valence-electron chi connectivity index (χ1n) is 3.03. The summed E-state index contributed by atoms with van der Waals surface area (Å²) >= 11 is 2.15. The van der Waals surface area contributed by atoms with E-state index in [0.29, 0.717) is 0 Å². The van der Waals surface area contributed by atoms with Crippen LogP contribution in [0.25, 0.3) is 0 Å². The molecule has 1 N–H and O–H groups in total. The second kappa shape index (κ2) is 3.66. The van der Waals surface area contributed by atoms with Crippen molar-refractivity contribution in [2.45, 2.75) is 6.92 Å². The van der Waals surface area contributed by atoms with Crippen molar-refractivity contribution < 1.29 is 5.21 Å². The molecule has 0 amide bonds. The molecule has 0 saturated carbocycles. The second-order valence-electron chi connectivity index (χ2n) is 2.12. The van der Waals surface area contributed by atoms with Crippen LogP contribution < -0.4 is 0 Å². The van der Waals surface area contributed by atoms with Crippen molar-refractivity contribution in [2.24, 2.45) is 5.16 Å². The largest absolute Gasteiger partial charge is 0.411 e. The van der Waals surface area contributed by atoms with Crippen molar-refractivity contribution in [3.05, 3.63) is 27.1 Å². The van der Waals surface area contributed by atoms with Gasteiger partial charge in [0.2, 0.25) is 0 Å². The summed E-state index contributed by atoms with van der Waals surface area (Å²) in [5.41, 5.74) is 1.90. The maximum atomic E-state index is 8.22. The average Bonchev–Trinajstić information content (AvgIpc) is 1.98. The Bertz CT molecular complexity index is 286. The Kier molecular flexibility index (Phi) is 2.81. The number of hydrogen-bond donors (Lipinski definition) is 1. The van der Waals surface area contributed by atoms with Gasteiger partial charge < -0.3 is 5.21 Å². The van der Waals surface area contributed by atoms with Crippen LogP contribution in [-0.4, -0.2) is 16.4 Å². The molecular weight excluding hydrogens is 255 g/mol. The molecule has 0 fully saturated rings. The van der Waals surface area contributed by atoms with Gasteiger partial charge in [-0.05, 0) is 41.1 Å². The van der Waals surface area contributed by atoms with Gasteiger partial charge in [-0.15, -0.1) is 0 Å². The van der Waals surface area contributed by atoms with Gasteiger partial charge in [0, 0.05) is 11.8 Å². The minimum Gasteiger partial charge on any atom is -0.411 e. The Balaban J connectivity index is 3.05. The summed E-state index contributed by atoms with van der Waals surface area (Å²) in [7, 11) is 0. The van der Waals surface area contributed by atoms with Crippen LogP contribution in [0.2, 0.25) is 0 Å². The van der Waals surface area contributed by atoms with E-state index in [1.54, 1.807) is 6.20 Å². The Morgan fingerprint density at radius 2 is 2.45 bits per heavy atom. The lowest BCUT2D eigenvalue weighted by atomic mass is 10.2. The van der Waals surface area contributed by atoms with Crippen LogP contribution in [0.5, 0.6) is 0 Å². The molecule has 0 radical (unpaired) electrons. The highest BCUT2D eigenvalue weighted by atomic mass is 127. The minimum absolute atomic E-state index is 0.811. The first-order valence-corrected chi connectivity index (χ1v) is 4.11. The number of oxime groups is 1. The van der Waals surface area contributed by atoms with Gasteiger partial charge >= 0.3 is 0 Å². The second-order valence-corrected chi connectivity index (χ2v) is 3.14. The molecule has 0 bridgehead atoms. The molecule has 0 aromatic carbocycles. The Morgan fingerprint density at radius 3 is 3.00 bits per heavy atom. The summed E-state index contributed by atoms with van der Waals surface area (Å²) in [6.45, 7) is 1.96. The van der Waals surface area contributed by atoms with E-state index in [1.807, 2.05) is 13.0 Å². The fraction of sp³-hybridized carbons (Fsp3) is 0.143. The normalized spacial score (nSPS) is 10.7. The van der Waals surface area contributed by atoms with Crippen LogP contribution in [0.4, 0.5) is 0 Å². The van der Waals surface area contributed by atoms with Crippen molar-refractivity contribution in [1.82, 2.24) is 4.98 Å². The van der Waals surface area contributed by atoms with Crippen LogP contribution in [0.3, 0.4) is 0 Å². The summed E-state index contributed by atoms with van der Waals surface area (Å²) in [6.07, 6.45) is 3.02. The highest BCUT2D eigenvalue weighted by Crippen LogP contribution is 2.08.